The van der Waals surface area contributed by atoms with E-state index in [4.69, 9.17) is 5.21 Å². The van der Waals surface area contributed by atoms with Gasteiger partial charge < -0.3 is 0 Å². The molecule has 1 aliphatic heterocycles. The third kappa shape index (κ3) is 3.39. The maximum atomic E-state index is 11.6. The van der Waals surface area contributed by atoms with Gasteiger partial charge in [0, 0.05) is 19.6 Å². The molecule has 0 amide bonds. The number of aromatic nitrogens is 2. The standard InChI is InChI=1S/C11H19N4O5S/c1-9-11(15(16)17)7-12-14(9)8-10-3-5-13(6-4-10)21(18,19)20-2/h7,10H,3-6,8H2,1-2H3,(H,16,17)/q+1. The van der Waals surface area contributed by atoms with Gasteiger partial charge in [-0.3, -0.25) is 8.86 Å². The molecule has 118 valence electrons. The quantitative estimate of drug-likeness (QED) is 0.797. The van der Waals surface area contributed by atoms with Crippen molar-refractivity contribution in [2.24, 2.45) is 5.92 Å². The highest BCUT2D eigenvalue weighted by Gasteiger charge is 2.29. The summed E-state index contributed by atoms with van der Waals surface area (Å²) >= 11 is 0. The second-order valence-corrected chi connectivity index (χ2v) is 6.74. The Kier molecular flexibility index (Phi) is 4.59. The van der Waals surface area contributed by atoms with Crippen LogP contribution in [0.3, 0.4) is 0 Å². The van der Waals surface area contributed by atoms with Crippen LogP contribution < -0.4 is 0 Å². The fourth-order valence-corrected chi connectivity index (χ4v) is 3.34. The molecule has 0 saturated carbocycles. The first-order chi connectivity index (χ1) is 9.85. The summed E-state index contributed by atoms with van der Waals surface area (Å²) in [6.07, 6.45) is 2.70. The van der Waals surface area contributed by atoms with Crippen LogP contribution in [-0.2, 0) is 21.0 Å². The Labute approximate surface area is 122 Å². The fourth-order valence-electron chi connectivity index (χ4n) is 2.47. The molecule has 0 aromatic carbocycles. The average Bonchev–Trinajstić information content (AvgIpc) is 2.81. The Morgan fingerprint density at radius 3 is 2.57 bits per heavy atom. The van der Waals surface area contributed by atoms with E-state index >= 15 is 0 Å². The Morgan fingerprint density at radius 1 is 1.48 bits per heavy atom. The lowest BCUT2D eigenvalue weighted by molar-refractivity contribution is -0.730. The molecule has 1 fully saturated rings. The Morgan fingerprint density at radius 2 is 2.10 bits per heavy atom. The van der Waals surface area contributed by atoms with Crippen LogP contribution in [0.15, 0.2) is 6.20 Å². The molecule has 1 aromatic heterocycles. The van der Waals surface area contributed by atoms with Gasteiger partial charge in [-0.05, 0) is 25.7 Å². The molecule has 1 aromatic rings. The lowest BCUT2D eigenvalue weighted by Gasteiger charge is -2.30. The minimum atomic E-state index is -3.60. The van der Waals surface area contributed by atoms with Gasteiger partial charge in [0.05, 0.1) is 12.0 Å². The minimum absolute atomic E-state index is 0.120. The summed E-state index contributed by atoms with van der Waals surface area (Å²) in [6.45, 7) is 3.10. The summed E-state index contributed by atoms with van der Waals surface area (Å²) in [6, 6.07) is 0. The first kappa shape index (κ1) is 15.9. The van der Waals surface area contributed by atoms with Gasteiger partial charge in [-0.2, -0.15) is 17.8 Å². The summed E-state index contributed by atoms with van der Waals surface area (Å²) in [5.41, 5.74) is 0.703. The third-order valence-corrected chi connectivity index (χ3v) is 5.23. The van der Waals surface area contributed by atoms with Gasteiger partial charge in [0.25, 0.3) is 4.92 Å². The maximum Gasteiger partial charge on any atom is 0.356 e. The van der Waals surface area contributed by atoms with Gasteiger partial charge in [0.2, 0.25) is 0 Å². The molecule has 0 radical (unpaired) electrons. The molecular weight excluding hydrogens is 300 g/mol. The maximum absolute atomic E-state index is 11.6. The molecule has 2 rings (SSSR count). The van der Waals surface area contributed by atoms with E-state index in [1.54, 1.807) is 11.6 Å². The molecule has 21 heavy (non-hydrogen) atoms. The van der Waals surface area contributed by atoms with E-state index in [0.29, 0.717) is 38.2 Å². The Hall–Kier alpha value is -1.52. The van der Waals surface area contributed by atoms with Gasteiger partial charge in [-0.1, -0.05) is 0 Å². The van der Waals surface area contributed by atoms with Gasteiger partial charge >= 0.3 is 16.0 Å². The highest BCUT2D eigenvalue weighted by atomic mass is 32.2. The number of hydrogen-bond acceptors (Lipinski definition) is 5. The predicted molar refractivity (Wildman–Crippen MR) is 72.3 cm³/mol. The van der Waals surface area contributed by atoms with Crippen molar-refractivity contribution in [1.82, 2.24) is 14.1 Å². The zero-order chi connectivity index (χ0) is 15.6. The smallest absolute Gasteiger partial charge is 0.262 e. The van der Waals surface area contributed by atoms with Crippen LogP contribution in [0, 0.1) is 17.7 Å². The predicted octanol–water partition coefficient (Wildman–Crippen LogP) is 0.594. The van der Waals surface area contributed by atoms with Crippen molar-refractivity contribution in [2.45, 2.75) is 26.3 Å². The molecule has 1 aliphatic rings. The van der Waals surface area contributed by atoms with Gasteiger partial charge in [-0.25, -0.2) is 5.21 Å². The van der Waals surface area contributed by atoms with Crippen LogP contribution in [0.2, 0.25) is 0 Å². The summed E-state index contributed by atoms with van der Waals surface area (Å²) in [5, 5.41) is 13.0. The van der Waals surface area contributed by atoms with E-state index in [-0.39, 0.29) is 16.5 Å². The van der Waals surface area contributed by atoms with E-state index in [1.165, 1.54) is 10.5 Å². The third-order valence-electron chi connectivity index (χ3n) is 3.81. The molecule has 9 nitrogen and oxygen atoms in total. The fraction of sp³-hybridized carbons (Fsp3) is 0.727. The summed E-state index contributed by atoms with van der Waals surface area (Å²) in [5.74, 6) is 0.263. The molecule has 0 unspecified atom stereocenters. The highest BCUT2D eigenvalue weighted by Crippen LogP contribution is 2.23. The zero-order valence-corrected chi connectivity index (χ0v) is 12.8. The normalized spacial score (nSPS) is 18.0. The summed E-state index contributed by atoms with van der Waals surface area (Å²) in [7, 11) is -2.45. The van der Waals surface area contributed by atoms with Crippen LogP contribution in [-0.4, -0.2) is 52.8 Å². The number of piperidine rings is 1. The minimum Gasteiger partial charge on any atom is -0.262 e. The van der Waals surface area contributed by atoms with Crippen molar-refractivity contribution >= 4 is 16.0 Å². The van der Waals surface area contributed by atoms with E-state index in [1.807, 2.05) is 0 Å². The van der Waals surface area contributed by atoms with Crippen LogP contribution in [0.5, 0.6) is 0 Å². The van der Waals surface area contributed by atoms with E-state index in [0.717, 1.165) is 7.11 Å². The molecule has 10 heteroatoms. The second kappa shape index (κ2) is 6.08. The second-order valence-electron chi connectivity index (χ2n) is 5.04. The summed E-state index contributed by atoms with van der Waals surface area (Å²) in [4.78, 5) is 10.7. The van der Waals surface area contributed by atoms with Gasteiger partial charge in [0.1, 0.15) is 11.9 Å². The molecular formula is C11H19N4O5S+. The van der Waals surface area contributed by atoms with Crippen LogP contribution in [0.1, 0.15) is 18.5 Å². The van der Waals surface area contributed by atoms with Crippen molar-refractivity contribution in [3.8, 4) is 0 Å². The number of hydrogen-bond donors (Lipinski definition) is 1. The Balaban J connectivity index is 1.97. The SMILES string of the molecule is COS(=O)(=O)N1CCC(Cn2ncc([N+](=O)O)c2C)CC1. The van der Waals surface area contributed by atoms with E-state index in [9.17, 15) is 13.3 Å². The first-order valence-corrected chi connectivity index (χ1v) is 7.96. The van der Waals surface area contributed by atoms with Crippen molar-refractivity contribution in [3.63, 3.8) is 0 Å². The van der Waals surface area contributed by atoms with E-state index in [2.05, 4.69) is 9.28 Å². The molecule has 0 spiro atoms. The van der Waals surface area contributed by atoms with E-state index < -0.39 is 10.3 Å². The lowest BCUT2D eigenvalue weighted by atomic mass is 9.98. The number of nitrogens with zero attached hydrogens (tertiary/aromatic N) is 4. The van der Waals surface area contributed by atoms with Crippen molar-refractivity contribution < 1.29 is 22.7 Å². The molecule has 0 bridgehead atoms. The van der Waals surface area contributed by atoms with Crippen LogP contribution in [0.25, 0.3) is 0 Å². The van der Waals surface area contributed by atoms with Crippen molar-refractivity contribution in [2.75, 3.05) is 20.2 Å². The molecule has 2 heterocycles. The Bertz CT molecular complexity index is 619. The largest absolute Gasteiger partial charge is 0.356 e. The molecule has 1 saturated heterocycles. The van der Waals surface area contributed by atoms with Crippen LogP contribution >= 0.6 is 0 Å². The summed E-state index contributed by atoms with van der Waals surface area (Å²) < 4.78 is 30.6. The first-order valence-electron chi connectivity index (χ1n) is 6.59. The van der Waals surface area contributed by atoms with Gasteiger partial charge in [0.15, 0.2) is 0 Å². The molecule has 1 N–H and O–H groups in total. The molecule has 0 atom stereocenters. The van der Waals surface area contributed by atoms with Crippen molar-refractivity contribution in [3.05, 3.63) is 16.8 Å². The van der Waals surface area contributed by atoms with Crippen LogP contribution in [0.4, 0.5) is 5.69 Å². The monoisotopic (exact) mass is 319 g/mol. The van der Waals surface area contributed by atoms with Crippen molar-refractivity contribution in [1.29, 1.82) is 0 Å². The molecule has 0 aliphatic carbocycles. The van der Waals surface area contributed by atoms with Gasteiger partial charge in [-0.15, -0.1) is 0 Å². The lowest BCUT2D eigenvalue weighted by Crippen LogP contribution is -2.39. The topological polar surface area (TPSA) is 105 Å². The average molecular weight is 319 g/mol. The number of rotatable bonds is 5. The highest BCUT2D eigenvalue weighted by molar-refractivity contribution is 7.84. The zero-order valence-electron chi connectivity index (χ0n) is 12.0.